The zero-order valence-corrected chi connectivity index (χ0v) is 15.5. The molecule has 0 N–H and O–H groups in total. The largest absolute Gasteiger partial charge is 0.198 e. The van der Waals surface area contributed by atoms with Crippen LogP contribution in [0.2, 0.25) is 0 Å². The Morgan fingerprint density at radius 2 is 1.74 bits per heavy atom. The number of hydrogen-bond acceptors (Lipinski definition) is 1. The first-order valence-electron chi connectivity index (χ1n) is 10.6. The molecule has 130 valence electrons. The second-order valence-electron chi connectivity index (χ2n) is 9.13. The number of hydrogen-bond donors (Lipinski definition) is 0. The average molecular weight is 316 g/mol. The van der Waals surface area contributed by atoms with E-state index in [1.807, 2.05) is 0 Å². The van der Waals surface area contributed by atoms with Gasteiger partial charge in [0.15, 0.2) is 0 Å². The van der Waals surface area contributed by atoms with Crippen molar-refractivity contribution < 1.29 is 0 Å². The molecule has 6 atom stereocenters. The van der Waals surface area contributed by atoms with Crippen molar-refractivity contribution in [2.75, 3.05) is 0 Å². The van der Waals surface area contributed by atoms with Gasteiger partial charge in [0, 0.05) is 0 Å². The summed E-state index contributed by atoms with van der Waals surface area (Å²) in [7, 11) is 0. The fourth-order valence-corrected chi connectivity index (χ4v) is 6.64. The fourth-order valence-electron chi connectivity index (χ4n) is 6.64. The Hall–Kier alpha value is -0.510. The molecular formula is C22H37N. The van der Waals surface area contributed by atoms with Crippen molar-refractivity contribution in [3.05, 3.63) is 0 Å². The van der Waals surface area contributed by atoms with Gasteiger partial charge in [-0.25, -0.2) is 0 Å². The Balaban J connectivity index is 1.61. The highest BCUT2D eigenvalue weighted by molar-refractivity contribution is 5.06. The molecule has 0 spiro atoms. The van der Waals surface area contributed by atoms with Crippen molar-refractivity contribution in [2.45, 2.75) is 97.3 Å². The second kappa shape index (κ2) is 7.58. The van der Waals surface area contributed by atoms with Gasteiger partial charge in [0.1, 0.15) is 0 Å². The summed E-state index contributed by atoms with van der Waals surface area (Å²) < 4.78 is 0. The number of nitriles is 1. The van der Waals surface area contributed by atoms with Crippen molar-refractivity contribution >= 4 is 0 Å². The Bertz CT molecular complexity index is 422. The van der Waals surface area contributed by atoms with Crippen LogP contribution in [-0.4, -0.2) is 0 Å². The molecule has 3 saturated carbocycles. The highest BCUT2D eigenvalue weighted by atomic mass is 14.5. The molecule has 0 radical (unpaired) electrons. The summed E-state index contributed by atoms with van der Waals surface area (Å²) in [6, 6.07) is 2.75. The molecule has 3 aliphatic rings. The summed E-state index contributed by atoms with van der Waals surface area (Å²) in [5, 5.41) is 9.76. The molecule has 0 aromatic heterocycles. The number of unbranched alkanes of at least 4 members (excludes halogenated alkanes) is 1. The number of fused-ring (bicyclic) bond motifs is 3. The Labute approximate surface area is 144 Å². The number of nitrogens with zero attached hydrogens (tertiary/aromatic N) is 1. The van der Waals surface area contributed by atoms with Gasteiger partial charge in [-0.15, -0.1) is 0 Å². The summed E-state index contributed by atoms with van der Waals surface area (Å²) >= 11 is 0. The summed E-state index contributed by atoms with van der Waals surface area (Å²) in [6.45, 7) is 4.58. The van der Waals surface area contributed by atoms with Gasteiger partial charge >= 0.3 is 0 Å². The van der Waals surface area contributed by atoms with Crippen molar-refractivity contribution in [2.24, 2.45) is 35.0 Å². The topological polar surface area (TPSA) is 23.8 Å². The van der Waals surface area contributed by atoms with Gasteiger partial charge in [0.25, 0.3) is 0 Å². The smallest absolute Gasteiger partial charge is 0.0689 e. The molecule has 0 aliphatic heterocycles. The minimum atomic E-state index is 0.0427. The SMILES string of the molecule is CCCC[C@@H]1CCC2C(CCC3C[C@](C#N)(CCC)CCC32)C1. The highest BCUT2D eigenvalue weighted by Gasteiger charge is 2.48. The molecule has 0 aromatic rings. The van der Waals surface area contributed by atoms with E-state index in [4.69, 9.17) is 0 Å². The first-order valence-corrected chi connectivity index (χ1v) is 10.6. The molecule has 3 aliphatic carbocycles. The van der Waals surface area contributed by atoms with Gasteiger partial charge in [-0.1, -0.05) is 46.0 Å². The summed E-state index contributed by atoms with van der Waals surface area (Å²) in [4.78, 5) is 0. The molecule has 0 heterocycles. The van der Waals surface area contributed by atoms with Crippen LogP contribution in [-0.2, 0) is 0 Å². The van der Waals surface area contributed by atoms with Crippen molar-refractivity contribution in [1.29, 1.82) is 5.26 Å². The van der Waals surface area contributed by atoms with Crippen LogP contribution >= 0.6 is 0 Å². The van der Waals surface area contributed by atoms with Crippen LogP contribution in [0.4, 0.5) is 0 Å². The van der Waals surface area contributed by atoms with Crippen LogP contribution in [0.1, 0.15) is 97.3 Å². The average Bonchev–Trinajstić information content (AvgIpc) is 2.59. The Morgan fingerprint density at radius 1 is 0.957 bits per heavy atom. The second-order valence-corrected chi connectivity index (χ2v) is 9.13. The molecule has 1 nitrogen and oxygen atoms in total. The molecule has 3 fully saturated rings. The van der Waals surface area contributed by atoms with Gasteiger partial charge in [-0.2, -0.15) is 5.26 Å². The minimum Gasteiger partial charge on any atom is -0.198 e. The highest BCUT2D eigenvalue weighted by Crippen LogP contribution is 2.56. The van der Waals surface area contributed by atoms with E-state index in [9.17, 15) is 5.26 Å². The molecule has 0 aromatic carbocycles. The van der Waals surface area contributed by atoms with Crippen LogP contribution in [0.3, 0.4) is 0 Å². The molecule has 1 heteroatoms. The Morgan fingerprint density at radius 3 is 2.48 bits per heavy atom. The van der Waals surface area contributed by atoms with Gasteiger partial charge in [-0.05, 0) is 81.0 Å². The lowest BCUT2D eigenvalue weighted by Gasteiger charge is -2.52. The molecule has 4 unspecified atom stereocenters. The predicted molar refractivity (Wildman–Crippen MR) is 96.9 cm³/mol. The lowest BCUT2D eigenvalue weighted by molar-refractivity contribution is -0.0178. The summed E-state index contributed by atoms with van der Waals surface area (Å²) in [5.41, 5.74) is 0.0427. The summed E-state index contributed by atoms with van der Waals surface area (Å²) in [6.07, 6.45) is 17.8. The lowest BCUT2D eigenvalue weighted by atomic mass is 9.52. The van der Waals surface area contributed by atoms with E-state index in [1.165, 1.54) is 77.0 Å². The van der Waals surface area contributed by atoms with Crippen molar-refractivity contribution in [1.82, 2.24) is 0 Å². The standard InChI is InChI=1S/C22H37N/c1-3-5-6-17-7-10-20-18(14-17)8-9-19-15-22(16-23,12-4-2)13-11-21(19)20/h17-21H,3-15H2,1-2H3/t17-,18?,19?,20?,21?,22+/m1/s1. The third kappa shape index (κ3) is 3.62. The summed E-state index contributed by atoms with van der Waals surface area (Å²) in [5.74, 6) is 4.94. The van der Waals surface area contributed by atoms with E-state index in [0.29, 0.717) is 0 Å². The third-order valence-electron chi connectivity index (χ3n) is 7.75. The van der Waals surface area contributed by atoms with E-state index in [-0.39, 0.29) is 5.41 Å². The first kappa shape index (κ1) is 17.3. The lowest BCUT2D eigenvalue weighted by Crippen LogP contribution is -2.44. The maximum Gasteiger partial charge on any atom is 0.0689 e. The zero-order valence-electron chi connectivity index (χ0n) is 15.5. The van der Waals surface area contributed by atoms with E-state index < -0.39 is 0 Å². The van der Waals surface area contributed by atoms with Crippen LogP contribution in [0.15, 0.2) is 0 Å². The molecule has 0 bridgehead atoms. The van der Waals surface area contributed by atoms with E-state index >= 15 is 0 Å². The normalized spacial score (nSPS) is 43.3. The molecule has 0 amide bonds. The third-order valence-corrected chi connectivity index (χ3v) is 7.75. The van der Waals surface area contributed by atoms with E-state index in [0.717, 1.165) is 36.0 Å². The maximum absolute atomic E-state index is 9.76. The maximum atomic E-state index is 9.76. The van der Waals surface area contributed by atoms with Gasteiger partial charge in [0.2, 0.25) is 0 Å². The molecule has 23 heavy (non-hydrogen) atoms. The molecular weight excluding hydrogens is 278 g/mol. The molecule has 0 saturated heterocycles. The van der Waals surface area contributed by atoms with Crippen LogP contribution in [0.5, 0.6) is 0 Å². The van der Waals surface area contributed by atoms with Gasteiger partial charge < -0.3 is 0 Å². The zero-order chi connectivity index (χ0) is 16.3. The van der Waals surface area contributed by atoms with Gasteiger partial charge in [-0.3, -0.25) is 0 Å². The van der Waals surface area contributed by atoms with Gasteiger partial charge in [0.05, 0.1) is 11.5 Å². The van der Waals surface area contributed by atoms with Crippen molar-refractivity contribution in [3.8, 4) is 6.07 Å². The first-order chi connectivity index (χ1) is 11.2. The number of rotatable bonds is 5. The quantitative estimate of drug-likeness (QED) is 0.551. The molecule has 3 rings (SSSR count). The van der Waals surface area contributed by atoms with Crippen LogP contribution in [0.25, 0.3) is 0 Å². The van der Waals surface area contributed by atoms with Crippen LogP contribution in [0, 0.1) is 46.3 Å². The van der Waals surface area contributed by atoms with Crippen LogP contribution < -0.4 is 0 Å². The van der Waals surface area contributed by atoms with E-state index in [1.54, 1.807) is 0 Å². The monoisotopic (exact) mass is 315 g/mol. The minimum absolute atomic E-state index is 0.0427. The Kier molecular flexibility index (Phi) is 5.71. The predicted octanol–water partition coefficient (Wildman–Crippen LogP) is 6.73. The fraction of sp³-hybridized carbons (Fsp3) is 0.955. The van der Waals surface area contributed by atoms with Crippen molar-refractivity contribution in [3.63, 3.8) is 0 Å². The van der Waals surface area contributed by atoms with E-state index in [2.05, 4.69) is 19.9 Å².